The van der Waals surface area contributed by atoms with Gasteiger partial charge in [0.15, 0.2) is 0 Å². The van der Waals surface area contributed by atoms with E-state index in [9.17, 15) is 4.79 Å². The van der Waals surface area contributed by atoms with Crippen LogP contribution in [0.5, 0.6) is 5.75 Å². The average molecular weight is 299 g/mol. The molecule has 0 bridgehead atoms. The number of ether oxygens (including phenoxy) is 1. The number of rotatable bonds is 5. The second-order valence-electron chi connectivity index (χ2n) is 5.02. The SMILES string of the molecule is O=C(Cl)CCCOc1ccc2cc3ccccc3cc2c1. The molecule has 0 atom stereocenters. The van der Waals surface area contributed by atoms with E-state index in [4.69, 9.17) is 16.3 Å². The summed E-state index contributed by atoms with van der Waals surface area (Å²) >= 11 is 5.30. The Morgan fingerprint density at radius 2 is 1.57 bits per heavy atom. The topological polar surface area (TPSA) is 26.3 Å². The zero-order valence-corrected chi connectivity index (χ0v) is 12.3. The number of hydrogen-bond donors (Lipinski definition) is 0. The molecule has 2 nitrogen and oxygen atoms in total. The van der Waals surface area contributed by atoms with E-state index in [1.165, 1.54) is 16.2 Å². The third-order valence-corrected chi connectivity index (χ3v) is 3.65. The summed E-state index contributed by atoms with van der Waals surface area (Å²) in [5.41, 5.74) is 0. The first-order valence-corrected chi connectivity index (χ1v) is 7.34. The summed E-state index contributed by atoms with van der Waals surface area (Å²) in [6.07, 6.45) is 0.984. The number of carbonyl (C=O) groups is 1. The van der Waals surface area contributed by atoms with E-state index < -0.39 is 0 Å². The minimum atomic E-state index is -0.316. The zero-order chi connectivity index (χ0) is 14.7. The average Bonchev–Trinajstić information content (AvgIpc) is 2.49. The summed E-state index contributed by atoms with van der Waals surface area (Å²) in [6, 6.07) is 18.7. The highest BCUT2D eigenvalue weighted by atomic mass is 35.5. The molecule has 0 radical (unpaired) electrons. The van der Waals surface area contributed by atoms with Gasteiger partial charge >= 0.3 is 0 Å². The van der Waals surface area contributed by atoms with Crippen LogP contribution in [0.4, 0.5) is 0 Å². The van der Waals surface area contributed by atoms with Crippen molar-refractivity contribution in [1.29, 1.82) is 0 Å². The minimum absolute atomic E-state index is 0.316. The molecule has 3 aromatic rings. The first-order valence-electron chi connectivity index (χ1n) is 6.96. The fraction of sp³-hybridized carbons (Fsp3) is 0.167. The van der Waals surface area contributed by atoms with Gasteiger partial charge in [0.1, 0.15) is 5.75 Å². The Morgan fingerprint density at radius 3 is 2.29 bits per heavy atom. The Bertz CT molecular complexity index is 795. The fourth-order valence-electron chi connectivity index (χ4n) is 2.41. The maximum absolute atomic E-state index is 10.7. The van der Waals surface area contributed by atoms with Crippen molar-refractivity contribution in [2.75, 3.05) is 6.61 Å². The molecular weight excluding hydrogens is 284 g/mol. The maximum Gasteiger partial charge on any atom is 0.221 e. The number of fused-ring (bicyclic) bond motifs is 2. The highest BCUT2D eigenvalue weighted by Crippen LogP contribution is 2.26. The van der Waals surface area contributed by atoms with E-state index in [0.717, 1.165) is 11.1 Å². The molecule has 106 valence electrons. The van der Waals surface area contributed by atoms with Crippen LogP contribution in [0.2, 0.25) is 0 Å². The Labute approximate surface area is 128 Å². The van der Waals surface area contributed by atoms with Crippen molar-refractivity contribution in [3.63, 3.8) is 0 Å². The van der Waals surface area contributed by atoms with Gasteiger partial charge in [0.2, 0.25) is 5.24 Å². The van der Waals surface area contributed by atoms with Crippen LogP contribution in [-0.2, 0) is 4.79 Å². The summed E-state index contributed by atoms with van der Waals surface area (Å²) in [5, 5.41) is 4.48. The Hall–Kier alpha value is -2.06. The molecule has 0 N–H and O–H groups in total. The summed E-state index contributed by atoms with van der Waals surface area (Å²) in [6.45, 7) is 0.498. The molecule has 0 heterocycles. The van der Waals surface area contributed by atoms with Gasteiger partial charge in [-0.25, -0.2) is 0 Å². The molecule has 3 aromatic carbocycles. The van der Waals surface area contributed by atoms with Crippen LogP contribution in [0.15, 0.2) is 54.6 Å². The van der Waals surface area contributed by atoms with Gasteiger partial charge < -0.3 is 4.74 Å². The second kappa shape index (κ2) is 6.15. The molecule has 0 aliphatic rings. The molecular formula is C18H15ClO2. The van der Waals surface area contributed by atoms with E-state index in [1.807, 2.05) is 24.3 Å². The highest BCUT2D eigenvalue weighted by Gasteiger charge is 2.01. The third kappa shape index (κ3) is 3.34. The summed E-state index contributed by atoms with van der Waals surface area (Å²) in [7, 11) is 0. The molecule has 0 unspecified atom stereocenters. The lowest BCUT2D eigenvalue weighted by molar-refractivity contribution is -0.111. The molecule has 3 heteroatoms. The molecule has 21 heavy (non-hydrogen) atoms. The first-order chi connectivity index (χ1) is 10.2. The molecule has 0 fully saturated rings. The van der Waals surface area contributed by atoms with Crippen molar-refractivity contribution < 1.29 is 9.53 Å². The van der Waals surface area contributed by atoms with Gasteiger partial charge in [-0.2, -0.15) is 0 Å². The molecule has 0 aliphatic carbocycles. The van der Waals surface area contributed by atoms with Gasteiger partial charge in [0, 0.05) is 6.42 Å². The van der Waals surface area contributed by atoms with Crippen LogP contribution in [0.3, 0.4) is 0 Å². The van der Waals surface area contributed by atoms with Gasteiger partial charge in [-0.3, -0.25) is 4.79 Å². The van der Waals surface area contributed by atoms with Crippen molar-refractivity contribution >= 4 is 38.4 Å². The van der Waals surface area contributed by atoms with Crippen LogP contribution in [-0.4, -0.2) is 11.8 Å². The highest BCUT2D eigenvalue weighted by molar-refractivity contribution is 6.63. The van der Waals surface area contributed by atoms with E-state index >= 15 is 0 Å². The smallest absolute Gasteiger partial charge is 0.221 e. The molecule has 0 saturated carbocycles. The van der Waals surface area contributed by atoms with E-state index in [-0.39, 0.29) is 5.24 Å². The van der Waals surface area contributed by atoms with E-state index in [0.29, 0.717) is 19.4 Å². The summed E-state index contributed by atoms with van der Waals surface area (Å²) in [4.78, 5) is 10.7. The number of benzene rings is 3. The second-order valence-corrected chi connectivity index (χ2v) is 5.44. The molecule has 3 rings (SSSR count). The molecule has 0 aromatic heterocycles. The van der Waals surface area contributed by atoms with Crippen LogP contribution < -0.4 is 4.74 Å². The van der Waals surface area contributed by atoms with Crippen LogP contribution in [0.1, 0.15) is 12.8 Å². The van der Waals surface area contributed by atoms with Crippen molar-refractivity contribution in [3.8, 4) is 5.75 Å². The zero-order valence-electron chi connectivity index (χ0n) is 11.5. The predicted octanol–water partition coefficient (Wildman–Crippen LogP) is 4.92. The van der Waals surface area contributed by atoms with Gasteiger partial charge in [-0.1, -0.05) is 30.3 Å². The lowest BCUT2D eigenvalue weighted by Gasteiger charge is -2.07. The Kier molecular flexibility index (Phi) is 4.07. The quantitative estimate of drug-likeness (QED) is 0.380. The number of carbonyl (C=O) groups excluding carboxylic acids is 1. The summed E-state index contributed by atoms with van der Waals surface area (Å²) in [5.74, 6) is 0.819. The van der Waals surface area contributed by atoms with Crippen molar-refractivity contribution in [3.05, 3.63) is 54.6 Å². The maximum atomic E-state index is 10.7. The van der Waals surface area contributed by atoms with Crippen LogP contribution >= 0.6 is 11.6 Å². The normalized spacial score (nSPS) is 10.9. The van der Waals surface area contributed by atoms with Crippen LogP contribution in [0, 0.1) is 0 Å². The lowest BCUT2D eigenvalue weighted by atomic mass is 10.0. The Morgan fingerprint density at radius 1 is 0.905 bits per heavy atom. The van der Waals surface area contributed by atoms with E-state index in [2.05, 4.69) is 30.3 Å². The van der Waals surface area contributed by atoms with Gasteiger partial charge in [-0.15, -0.1) is 0 Å². The molecule has 0 aliphatic heterocycles. The standard InChI is InChI=1S/C18H15ClO2/c19-18(20)6-3-9-21-17-8-7-15-10-13-4-1-2-5-14(13)11-16(15)12-17/h1-2,4-5,7-8,10-12H,3,6,9H2. The van der Waals surface area contributed by atoms with Gasteiger partial charge in [0.25, 0.3) is 0 Å². The van der Waals surface area contributed by atoms with Crippen LogP contribution in [0.25, 0.3) is 21.5 Å². The van der Waals surface area contributed by atoms with Crippen molar-refractivity contribution in [2.24, 2.45) is 0 Å². The lowest BCUT2D eigenvalue weighted by Crippen LogP contribution is -1.99. The fourth-order valence-corrected chi connectivity index (χ4v) is 2.54. The third-order valence-electron chi connectivity index (χ3n) is 3.46. The summed E-state index contributed by atoms with van der Waals surface area (Å²) < 4.78 is 5.67. The minimum Gasteiger partial charge on any atom is -0.494 e. The van der Waals surface area contributed by atoms with Crippen molar-refractivity contribution in [2.45, 2.75) is 12.8 Å². The predicted molar refractivity (Wildman–Crippen MR) is 87.0 cm³/mol. The number of halogens is 1. The number of hydrogen-bond acceptors (Lipinski definition) is 2. The first kappa shape index (κ1) is 13.9. The Balaban J connectivity index is 1.82. The monoisotopic (exact) mass is 298 g/mol. The van der Waals surface area contributed by atoms with E-state index in [1.54, 1.807) is 0 Å². The molecule has 0 saturated heterocycles. The molecule has 0 amide bonds. The largest absolute Gasteiger partial charge is 0.494 e. The van der Waals surface area contributed by atoms with Crippen molar-refractivity contribution in [1.82, 2.24) is 0 Å². The molecule has 0 spiro atoms. The van der Waals surface area contributed by atoms with Gasteiger partial charge in [0.05, 0.1) is 6.61 Å². The van der Waals surface area contributed by atoms with Gasteiger partial charge in [-0.05, 0) is 63.8 Å².